The van der Waals surface area contributed by atoms with Gasteiger partial charge in [0.2, 0.25) is 6.79 Å². The zero-order valence-electron chi connectivity index (χ0n) is 12.4. The van der Waals surface area contributed by atoms with Crippen molar-refractivity contribution in [2.24, 2.45) is 0 Å². The molecule has 0 bridgehead atoms. The van der Waals surface area contributed by atoms with E-state index in [2.05, 4.69) is 9.55 Å². The van der Waals surface area contributed by atoms with Crippen LogP contribution in [0.4, 0.5) is 0 Å². The molecule has 0 saturated carbocycles. The highest BCUT2D eigenvalue weighted by Gasteiger charge is 2.19. The first-order chi connectivity index (χ1) is 10.7. The summed E-state index contributed by atoms with van der Waals surface area (Å²) in [6.07, 6.45) is 1.58. The third-order valence-electron chi connectivity index (χ3n) is 3.62. The van der Waals surface area contributed by atoms with Gasteiger partial charge in [0, 0.05) is 32.2 Å². The van der Waals surface area contributed by atoms with E-state index in [1.54, 1.807) is 7.11 Å². The zero-order chi connectivity index (χ0) is 15.5. The van der Waals surface area contributed by atoms with Crippen molar-refractivity contribution in [3.63, 3.8) is 0 Å². The summed E-state index contributed by atoms with van der Waals surface area (Å²) >= 11 is 0. The minimum Gasteiger partial charge on any atom is -0.481 e. The summed E-state index contributed by atoms with van der Waals surface area (Å²) in [5.41, 5.74) is 1.78. The number of fused-ring (bicyclic) bond motifs is 2. The molecule has 0 saturated heterocycles. The highest BCUT2D eigenvalue weighted by atomic mass is 16.7. The van der Waals surface area contributed by atoms with E-state index in [1.807, 2.05) is 12.1 Å². The number of aryl methyl sites for hydroxylation is 1. The van der Waals surface area contributed by atoms with Crippen molar-refractivity contribution in [1.82, 2.24) is 9.55 Å². The van der Waals surface area contributed by atoms with Crippen molar-refractivity contribution in [2.45, 2.75) is 32.4 Å². The molecule has 0 unspecified atom stereocenters. The number of hydrogen-bond donors (Lipinski definition) is 1. The van der Waals surface area contributed by atoms with Crippen LogP contribution in [-0.4, -0.2) is 34.5 Å². The van der Waals surface area contributed by atoms with Crippen LogP contribution < -0.4 is 9.47 Å². The molecule has 2 heterocycles. The van der Waals surface area contributed by atoms with Crippen LogP contribution in [0.15, 0.2) is 12.1 Å². The fourth-order valence-electron chi connectivity index (χ4n) is 2.60. The second-order valence-electron chi connectivity index (χ2n) is 5.16. The molecule has 1 aliphatic heterocycles. The Morgan fingerprint density at radius 2 is 2.14 bits per heavy atom. The van der Waals surface area contributed by atoms with Crippen LogP contribution in [0.1, 0.15) is 25.1 Å². The van der Waals surface area contributed by atoms with Crippen molar-refractivity contribution >= 4 is 17.0 Å². The Hall–Kier alpha value is -2.28. The number of carboxylic acids is 1. The third kappa shape index (κ3) is 2.85. The lowest BCUT2D eigenvalue weighted by atomic mass is 10.2. The fourth-order valence-corrected chi connectivity index (χ4v) is 2.60. The first kappa shape index (κ1) is 14.6. The highest BCUT2D eigenvalue weighted by Crippen LogP contribution is 2.36. The average molecular weight is 306 g/mol. The molecule has 7 nitrogen and oxygen atoms in total. The average Bonchev–Trinajstić information content (AvgIpc) is 3.05. The number of methoxy groups -OCH3 is 1. The number of aliphatic carboxylic acids is 1. The Labute approximate surface area is 127 Å². The number of aromatic nitrogens is 2. The van der Waals surface area contributed by atoms with Crippen LogP contribution in [0.2, 0.25) is 0 Å². The van der Waals surface area contributed by atoms with Gasteiger partial charge in [0.25, 0.3) is 0 Å². The summed E-state index contributed by atoms with van der Waals surface area (Å²) < 4.78 is 18.0. The molecule has 118 valence electrons. The predicted molar refractivity (Wildman–Crippen MR) is 78.1 cm³/mol. The van der Waals surface area contributed by atoms with E-state index in [0.717, 1.165) is 23.3 Å². The second kappa shape index (κ2) is 6.23. The van der Waals surface area contributed by atoms with Crippen molar-refractivity contribution in [1.29, 1.82) is 0 Å². The smallest absolute Gasteiger partial charge is 0.303 e. The molecule has 22 heavy (non-hydrogen) atoms. The number of hydrogen-bond acceptors (Lipinski definition) is 5. The highest BCUT2D eigenvalue weighted by molar-refractivity contribution is 5.81. The van der Waals surface area contributed by atoms with Crippen molar-refractivity contribution < 1.29 is 24.1 Å². The number of carboxylic acid groups (broad SMARTS) is 1. The molecule has 1 aliphatic rings. The number of imidazole rings is 1. The summed E-state index contributed by atoms with van der Waals surface area (Å²) in [6, 6.07) is 3.78. The number of nitrogens with zero attached hydrogens (tertiary/aromatic N) is 2. The SMILES string of the molecule is COCc1nc2cc3c(cc2n1CCCCC(=O)O)OCO3. The first-order valence-corrected chi connectivity index (χ1v) is 7.18. The van der Waals surface area contributed by atoms with Crippen molar-refractivity contribution in [3.8, 4) is 11.5 Å². The molecular weight excluding hydrogens is 288 g/mol. The van der Waals surface area contributed by atoms with Gasteiger partial charge >= 0.3 is 5.97 Å². The van der Waals surface area contributed by atoms with Gasteiger partial charge in [0.05, 0.1) is 11.0 Å². The minimum atomic E-state index is -0.768. The quantitative estimate of drug-likeness (QED) is 0.789. The molecule has 0 atom stereocenters. The van der Waals surface area contributed by atoms with Gasteiger partial charge in [-0.05, 0) is 12.8 Å². The van der Waals surface area contributed by atoms with Gasteiger partial charge in [-0.15, -0.1) is 0 Å². The molecule has 0 radical (unpaired) electrons. The summed E-state index contributed by atoms with van der Waals surface area (Å²) in [6.45, 7) is 1.33. The molecule has 7 heteroatoms. The third-order valence-corrected chi connectivity index (χ3v) is 3.62. The number of benzene rings is 1. The Balaban J connectivity index is 1.87. The van der Waals surface area contributed by atoms with Crippen molar-refractivity contribution in [2.75, 3.05) is 13.9 Å². The maximum absolute atomic E-state index is 10.6. The fraction of sp³-hybridized carbons (Fsp3) is 0.467. The van der Waals surface area contributed by atoms with E-state index in [9.17, 15) is 4.79 Å². The minimum absolute atomic E-state index is 0.179. The molecule has 0 aliphatic carbocycles. The lowest BCUT2D eigenvalue weighted by Gasteiger charge is -2.08. The molecule has 0 fully saturated rings. The van der Waals surface area contributed by atoms with Gasteiger partial charge in [0.15, 0.2) is 11.5 Å². The summed E-state index contributed by atoms with van der Waals surface area (Å²) in [5.74, 6) is 1.46. The standard InChI is InChI=1S/C15H18N2O5/c1-20-8-14-16-10-6-12-13(22-9-21-12)7-11(10)17(14)5-3-2-4-15(18)19/h6-7H,2-5,8-9H2,1H3,(H,18,19). The number of carbonyl (C=O) groups is 1. The summed E-state index contributed by atoms with van der Waals surface area (Å²) in [7, 11) is 1.63. The largest absolute Gasteiger partial charge is 0.481 e. The van der Waals surface area contributed by atoms with Crippen LogP contribution >= 0.6 is 0 Å². The Morgan fingerprint density at radius 1 is 1.36 bits per heavy atom. The van der Waals surface area contributed by atoms with Crippen LogP contribution in [0.5, 0.6) is 11.5 Å². The molecule has 2 aromatic rings. The Morgan fingerprint density at radius 3 is 2.86 bits per heavy atom. The maximum atomic E-state index is 10.6. The zero-order valence-corrected chi connectivity index (χ0v) is 12.4. The molecule has 0 amide bonds. The van der Waals surface area contributed by atoms with E-state index in [-0.39, 0.29) is 13.2 Å². The van der Waals surface area contributed by atoms with E-state index < -0.39 is 5.97 Å². The van der Waals surface area contributed by atoms with Gasteiger partial charge < -0.3 is 23.9 Å². The molecule has 1 aromatic heterocycles. The molecular formula is C15H18N2O5. The van der Waals surface area contributed by atoms with E-state index in [4.69, 9.17) is 19.3 Å². The molecule has 0 spiro atoms. The topological polar surface area (TPSA) is 82.8 Å². The van der Waals surface area contributed by atoms with Crippen molar-refractivity contribution in [3.05, 3.63) is 18.0 Å². The molecule has 1 N–H and O–H groups in total. The van der Waals surface area contributed by atoms with E-state index in [0.29, 0.717) is 31.1 Å². The van der Waals surface area contributed by atoms with Crippen LogP contribution in [-0.2, 0) is 22.7 Å². The van der Waals surface area contributed by atoms with Gasteiger partial charge in [-0.2, -0.15) is 0 Å². The maximum Gasteiger partial charge on any atom is 0.303 e. The van der Waals surface area contributed by atoms with E-state index in [1.165, 1.54) is 0 Å². The first-order valence-electron chi connectivity index (χ1n) is 7.18. The van der Waals surface area contributed by atoms with Gasteiger partial charge in [-0.3, -0.25) is 4.79 Å². The predicted octanol–water partition coefficient (Wildman–Crippen LogP) is 2.17. The lowest BCUT2D eigenvalue weighted by Crippen LogP contribution is -2.06. The Kier molecular flexibility index (Phi) is 4.15. The van der Waals surface area contributed by atoms with Gasteiger partial charge in [-0.1, -0.05) is 0 Å². The van der Waals surface area contributed by atoms with Gasteiger partial charge in [0.1, 0.15) is 12.4 Å². The van der Waals surface area contributed by atoms with Crippen LogP contribution in [0.25, 0.3) is 11.0 Å². The number of unbranched alkanes of at least 4 members (excludes halogenated alkanes) is 1. The lowest BCUT2D eigenvalue weighted by molar-refractivity contribution is -0.137. The normalized spacial score (nSPS) is 13.0. The number of ether oxygens (including phenoxy) is 3. The molecule has 1 aromatic carbocycles. The summed E-state index contributed by atoms with van der Waals surface area (Å²) in [5, 5.41) is 8.72. The Bertz CT molecular complexity index is 695. The van der Waals surface area contributed by atoms with E-state index >= 15 is 0 Å². The van der Waals surface area contributed by atoms with Crippen LogP contribution in [0, 0.1) is 0 Å². The molecule has 3 rings (SSSR count). The van der Waals surface area contributed by atoms with Gasteiger partial charge in [-0.25, -0.2) is 4.98 Å². The monoisotopic (exact) mass is 306 g/mol. The number of rotatable bonds is 7. The second-order valence-corrected chi connectivity index (χ2v) is 5.16. The van der Waals surface area contributed by atoms with Crippen LogP contribution in [0.3, 0.4) is 0 Å². The summed E-state index contributed by atoms with van der Waals surface area (Å²) in [4.78, 5) is 15.2.